The van der Waals surface area contributed by atoms with E-state index in [0.29, 0.717) is 17.6 Å². The summed E-state index contributed by atoms with van der Waals surface area (Å²) >= 11 is 1.80. The molecule has 62 heavy (non-hydrogen) atoms. The van der Waals surface area contributed by atoms with Crippen LogP contribution in [0.5, 0.6) is 0 Å². The molecule has 0 unspecified atom stereocenters. The summed E-state index contributed by atoms with van der Waals surface area (Å²) in [5.41, 5.74) is 8.37. The average molecular weight is 810 g/mol. The van der Waals surface area contributed by atoms with Gasteiger partial charge in [0.1, 0.15) is 11.2 Å². The Morgan fingerprint density at radius 3 is 1.76 bits per heavy atom. The first-order valence-electron chi connectivity index (χ1n) is 20.8. The van der Waals surface area contributed by atoms with Gasteiger partial charge in [0.15, 0.2) is 11.6 Å². The van der Waals surface area contributed by atoms with Gasteiger partial charge in [0.25, 0.3) is 0 Å². The number of hydrogen-bond donors (Lipinski definition) is 0. The third-order valence-electron chi connectivity index (χ3n) is 12.6. The molecule has 0 atom stereocenters. The van der Waals surface area contributed by atoms with Crippen LogP contribution in [0.2, 0.25) is 0 Å². The summed E-state index contributed by atoms with van der Waals surface area (Å²) in [5.74, 6) is 1.63. The number of thiophene rings is 1. The molecule has 0 fully saturated rings. The van der Waals surface area contributed by atoms with Crippen molar-refractivity contribution in [3.63, 3.8) is 0 Å². The fourth-order valence-electron chi connectivity index (χ4n) is 9.80. The first-order valence-corrected chi connectivity index (χ1v) is 21.6. The van der Waals surface area contributed by atoms with Gasteiger partial charge in [-0.15, -0.1) is 11.3 Å². The lowest BCUT2D eigenvalue weighted by molar-refractivity contribution is 0.669. The first kappa shape index (κ1) is 33.7. The number of hydrogen-bond acceptors (Lipinski definition) is 5. The summed E-state index contributed by atoms with van der Waals surface area (Å²) in [7, 11) is 0. The molecule has 0 radical (unpaired) electrons. The summed E-state index contributed by atoms with van der Waals surface area (Å²) in [5, 5.41) is 11.4. The Balaban J connectivity index is 1.14. The largest absolute Gasteiger partial charge is 0.455 e. The standard InChI is InChI=1S/C55H31N5OS/c1-2-14-33-31-47-41(29-32(33)13-1)37-17-5-8-20-43(37)59(47)46-27-26-40-38-18-6-11-23-48(38)61-52(40)51(46)54-56-53(34-25-28-50-42(30-34)39-19-7-12-24-49(39)62-50)57-55(58-54)60-44-21-9-3-15-35(44)36-16-4-10-22-45(36)60/h1-31H. The van der Waals surface area contributed by atoms with E-state index in [0.717, 1.165) is 71.6 Å². The van der Waals surface area contributed by atoms with E-state index in [4.69, 9.17) is 19.4 Å². The number of para-hydroxylation sites is 4. The Morgan fingerprint density at radius 1 is 0.387 bits per heavy atom. The van der Waals surface area contributed by atoms with Gasteiger partial charge in [-0.2, -0.15) is 9.97 Å². The van der Waals surface area contributed by atoms with E-state index in [-0.39, 0.29) is 0 Å². The maximum Gasteiger partial charge on any atom is 0.238 e. The Kier molecular flexibility index (Phi) is 6.89. The summed E-state index contributed by atoms with van der Waals surface area (Å²) in [4.78, 5) is 16.5. The van der Waals surface area contributed by atoms with E-state index in [1.165, 1.54) is 41.7 Å². The van der Waals surface area contributed by atoms with Crippen LogP contribution < -0.4 is 0 Å². The van der Waals surface area contributed by atoms with Crippen molar-refractivity contribution in [2.24, 2.45) is 0 Å². The van der Waals surface area contributed by atoms with Crippen molar-refractivity contribution in [3.05, 3.63) is 188 Å². The molecule has 9 aromatic carbocycles. The van der Waals surface area contributed by atoms with Gasteiger partial charge in [-0.25, -0.2) is 4.98 Å². The van der Waals surface area contributed by atoms with Crippen LogP contribution in [0.3, 0.4) is 0 Å². The zero-order chi connectivity index (χ0) is 40.5. The second kappa shape index (κ2) is 12.7. The lowest BCUT2D eigenvalue weighted by Gasteiger charge is -2.16. The lowest BCUT2D eigenvalue weighted by Crippen LogP contribution is -2.08. The maximum atomic E-state index is 6.96. The number of furan rings is 1. The monoisotopic (exact) mass is 809 g/mol. The summed E-state index contributed by atoms with van der Waals surface area (Å²) in [6, 6.07) is 66.7. The van der Waals surface area contributed by atoms with E-state index in [9.17, 15) is 0 Å². The SMILES string of the molecule is c1ccc2cc3c(cc2c1)c1ccccc1n3-c1ccc2c(oc3ccccc32)c1-c1nc(-c2ccc3sc4ccccc4c3c2)nc(-n2c3ccccc3c3ccccc32)n1. The molecule has 0 aliphatic rings. The van der Waals surface area contributed by atoms with Crippen LogP contribution >= 0.6 is 11.3 Å². The Hall–Kier alpha value is -8.13. The van der Waals surface area contributed by atoms with E-state index in [2.05, 4.69) is 185 Å². The van der Waals surface area contributed by atoms with E-state index in [1.54, 1.807) is 11.3 Å². The predicted molar refractivity (Wildman–Crippen MR) is 257 cm³/mol. The molecule has 7 heteroatoms. The van der Waals surface area contributed by atoms with Gasteiger partial charge < -0.3 is 8.98 Å². The Labute approximate surface area is 357 Å². The Morgan fingerprint density at radius 2 is 0.984 bits per heavy atom. The van der Waals surface area contributed by atoms with Crippen LogP contribution in [0.4, 0.5) is 0 Å². The van der Waals surface area contributed by atoms with Gasteiger partial charge in [0.05, 0.1) is 33.3 Å². The molecule has 5 heterocycles. The van der Waals surface area contributed by atoms with Gasteiger partial charge in [-0.05, 0) is 83.6 Å². The zero-order valence-electron chi connectivity index (χ0n) is 33.0. The molecule has 0 saturated carbocycles. The van der Waals surface area contributed by atoms with Crippen molar-refractivity contribution in [2.45, 2.75) is 0 Å². The van der Waals surface area contributed by atoms with Crippen LogP contribution in [0.15, 0.2) is 192 Å². The van der Waals surface area contributed by atoms with Gasteiger partial charge in [0.2, 0.25) is 5.95 Å². The quantitative estimate of drug-likeness (QED) is 0.178. The number of rotatable bonds is 4. The molecule has 0 aliphatic heterocycles. The third-order valence-corrected chi connectivity index (χ3v) is 13.7. The third kappa shape index (κ3) is 4.76. The molecular weight excluding hydrogens is 779 g/mol. The molecule has 0 amide bonds. The Bertz CT molecular complexity index is 4130. The minimum atomic E-state index is 0.522. The zero-order valence-corrected chi connectivity index (χ0v) is 33.8. The van der Waals surface area contributed by atoms with Crippen molar-refractivity contribution in [3.8, 4) is 34.4 Å². The molecule has 0 bridgehead atoms. The normalized spacial score (nSPS) is 12.2. The number of fused-ring (bicyclic) bond motifs is 13. The fraction of sp³-hybridized carbons (Fsp3) is 0. The molecule has 6 nitrogen and oxygen atoms in total. The maximum absolute atomic E-state index is 6.96. The fourth-order valence-corrected chi connectivity index (χ4v) is 10.9. The van der Waals surface area contributed by atoms with Crippen molar-refractivity contribution in [1.82, 2.24) is 24.1 Å². The smallest absolute Gasteiger partial charge is 0.238 e. The topological polar surface area (TPSA) is 61.7 Å². The molecular formula is C55H31N5OS. The highest BCUT2D eigenvalue weighted by molar-refractivity contribution is 7.25. The summed E-state index contributed by atoms with van der Waals surface area (Å²) in [6.07, 6.45) is 0. The highest BCUT2D eigenvalue weighted by atomic mass is 32.1. The molecule has 0 N–H and O–H groups in total. The van der Waals surface area contributed by atoms with Crippen molar-refractivity contribution in [2.75, 3.05) is 0 Å². The highest BCUT2D eigenvalue weighted by Gasteiger charge is 2.26. The average Bonchev–Trinajstić information content (AvgIpc) is 4.08. The lowest BCUT2D eigenvalue weighted by atomic mass is 10.0. The van der Waals surface area contributed by atoms with Crippen molar-refractivity contribution >= 4 is 108 Å². The van der Waals surface area contributed by atoms with Gasteiger partial charge in [0, 0.05) is 58.1 Å². The van der Waals surface area contributed by atoms with E-state index >= 15 is 0 Å². The van der Waals surface area contributed by atoms with E-state index < -0.39 is 0 Å². The molecule has 0 spiro atoms. The number of aromatic nitrogens is 5. The second-order valence-electron chi connectivity index (χ2n) is 16.0. The molecule has 5 aromatic heterocycles. The predicted octanol–water partition coefficient (Wildman–Crippen LogP) is 14.8. The second-order valence-corrected chi connectivity index (χ2v) is 17.0. The van der Waals surface area contributed by atoms with Crippen LogP contribution in [0, 0.1) is 0 Å². The number of benzene rings is 9. The first-order chi connectivity index (χ1) is 30.7. The molecule has 0 saturated heterocycles. The van der Waals surface area contributed by atoms with Crippen LogP contribution in [0.25, 0.3) is 131 Å². The minimum absolute atomic E-state index is 0.522. The van der Waals surface area contributed by atoms with Crippen molar-refractivity contribution < 1.29 is 4.42 Å². The van der Waals surface area contributed by atoms with Crippen LogP contribution in [-0.2, 0) is 0 Å². The highest BCUT2D eigenvalue weighted by Crippen LogP contribution is 2.44. The summed E-state index contributed by atoms with van der Waals surface area (Å²) < 4.78 is 14.0. The summed E-state index contributed by atoms with van der Waals surface area (Å²) in [6.45, 7) is 0. The minimum Gasteiger partial charge on any atom is -0.455 e. The molecule has 288 valence electrons. The van der Waals surface area contributed by atoms with Crippen LogP contribution in [0.1, 0.15) is 0 Å². The van der Waals surface area contributed by atoms with E-state index in [1.807, 2.05) is 12.1 Å². The van der Waals surface area contributed by atoms with Gasteiger partial charge in [-0.1, -0.05) is 115 Å². The van der Waals surface area contributed by atoms with Crippen LogP contribution in [-0.4, -0.2) is 24.1 Å². The number of nitrogens with zero attached hydrogens (tertiary/aromatic N) is 5. The molecule has 0 aliphatic carbocycles. The molecule has 14 rings (SSSR count). The van der Waals surface area contributed by atoms with Gasteiger partial charge >= 0.3 is 0 Å². The molecule has 14 aromatic rings. The van der Waals surface area contributed by atoms with Crippen molar-refractivity contribution in [1.29, 1.82) is 0 Å². The van der Waals surface area contributed by atoms with Gasteiger partial charge in [-0.3, -0.25) is 4.57 Å².